The minimum absolute atomic E-state index is 0.145. The summed E-state index contributed by atoms with van der Waals surface area (Å²) in [4.78, 5) is 12.1. The number of nitrogens with two attached hydrogens (primary N) is 1. The molecule has 20 heavy (non-hydrogen) atoms. The van der Waals surface area contributed by atoms with Crippen LogP contribution in [0, 0.1) is 5.41 Å². The molecule has 0 aromatic heterocycles. The van der Waals surface area contributed by atoms with E-state index in [4.69, 9.17) is 5.73 Å². The first-order valence-corrected chi connectivity index (χ1v) is 7.06. The minimum atomic E-state index is -0.428. The van der Waals surface area contributed by atoms with Gasteiger partial charge in [-0.05, 0) is 29.4 Å². The van der Waals surface area contributed by atoms with Crippen molar-refractivity contribution in [3.8, 4) is 0 Å². The van der Waals surface area contributed by atoms with Crippen molar-refractivity contribution in [2.75, 3.05) is 0 Å². The van der Waals surface area contributed by atoms with Gasteiger partial charge >= 0.3 is 0 Å². The number of carbonyl (C=O) groups is 1. The zero-order valence-electron chi connectivity index (χ0n) is 11.6. The molecule has 102 valence electrons. The van der Waals surface area contributed by atoms with Crippen molar-refractivity contribution in [2.24, 2.45) is 11.1 Å². The third-order valence-electron chi connectivity index (χ3n) is 4.74. The van der Waals surface area contributed by atoms with Gasteiger partial charge in [0.15, 0.2) is 0 Å². The predicted molar refractivity (Wildman–Crippen MR) is 80.3 cm³/mol. The van der Waals surface area contributed by atoms with Crippen LogP contribution in [0.25, 0.3) is 0 Å². The molecule has 1 amide bonds. The lowest BCUT2D eigenvalue weighted by molar-refractivity contribution is -0.124. The van der Waals surface area contributed by atoms with Crippen LogP contribution < -0.4 is 5.73 Å². The Morgan fingerprint density at radius 2 is 1.65 bits per heavy atom. The SMILES string of the molecule is CC(c1ccccc1)C1(C(N)=O)CC1c1ccccc1. The van der Waals surface area contributed by atoms with E-state index in [9.17, 15) is 4.79 Å². The van der Waals surface area contributed by atoms with Crippen LogP contribution in [0.2, 0.25) is 0 Å². The van der Waals surface area contributed by atoms with E-state index in [0.717, 1.165) is 6.42 Å². The molecule has 0 aliphatic heterocycles. The normalized spacial score (nSPS) is 25.9. The van der Waals surface area contributed by atoms with Gasteiger partial charge in [-0.1, -0.05) is 67.6 Å². The summed E-state index contributed by atoms with van der Waals surface area (Å²) in [6.07, 6.45) is 0.850. The molecule has 1 aliphatic carbocycles. The van der Waals surface area contributed by atoms with Gasteiger partial charge in [0, 0.05) is 0 Å². The smallest absolute Gasteiger partial charge is 0.224 e. The average Bonchev–Trinajstić information content (AvgIpc) is 3.25. The van der Waals surface area contributed by atoms with Crippen molar-refractivity contribution < 1.29 is 4.79 Å². The Morgan fingerprint density at radius 1 is 1.10 bits per heavy atom. The Kier molecular flexibility index (Phi) is 3.09. The summed E-state index contributed by atoms with van der Waals surface area (Å²) in [5.41, 5.74) is 7.73. The molecule has 2 aromatic carbocycles. The van der Waals surface area contributed by atoms with E-state index < -0.39 is 5.41 Å². The van der Waals surface area contributed by atoms with Gasteiger partial charge in [-0.3, -0.25) is 4.79 Å². The van der Waals surface area contributed by atoms with E-state index in [1.54, 1.807) is 0 Å². The number of hydrogen-bond donors (Lipinski definition) is 1. The van der Waals surface area contributed by atoms with Crippen LogP contribution in [0.5, 0.6) is 0 Å². The molecular weight excluding hydrogens is 246 g/mol. The number of amides is 1. The summed E-state index contributed by atoms with van der Waals surface area (Å²) < 4.78 is 0. The number of carbonyl (C=O) groups excluding carboxylic acids is 1. The number of hydrogen-bond acceptors (Lipinski definition) is 1. The van der Waals surface area contributed by atoms with Crippen LogP contribution in [0.15, 0.2) is 60.7 Å². The monoisotopic (exact) mass is 265 g/mol. The lowest BCUT2D eigenvalue weighted by atomic mass is 9.81. The summed E-state index contributed by atoms with van der Waals surface area (Å²) in [6, 6.07) is 20.4. The van der Waals surface area contributed by atoms with E-state index in [1.165, 1.54) is 11.1 Å². The molecule has 0 radical (unpaired) electrons. The molecule has 0 heterocycles. The molecule has 3 atom stereocenters. The van der Waals surface area contributed by atoms with Gasteiger partial charge in [0.25, 0.3) is 0 Å². The van der Waals surface area contributed by atoms with Gasteiger partial charge in [0.05, 0.1) is 5.41 Å². The summed E-state index contributed by atoms with van der Waals surface area (Å²) in [6.45, 7) is 2.11. The molecule has 0 spiro atoms. The number of benzene rings is 2. The van der Waals surface area contributed by atoms with Gasteiger partial charge < -0.3 is 5.73 Å². The summed E-state index contributed by atoms with van der Waals surface area (Å²) in [7, 11) is 0. The van der Waals surface area contributed by atoms with E-state index in [1.807, 2.05) is 36.4 Å². The molecule has 2 nitrogen and oxygen atoms in total. The maximum atomic E-state index is 12.1. The first kappa shape index (κ1) is 12.9. The first-order valence-electron chi connectivity index (χ1n) is 7.06. The van der Waals surface area contributed by atoms with Crippen LogP contribution >= 0.6 is 0 Å². The van der Waals surface area contributed by atoms with E-state index in [0.29, 0.717) is 0 Å². The third-order valence-corrected chi connectivity index (χ3v) is 4.74. The molecule has 2 aromatic rings. The van der Waals surface area contributed by atoms with Crippen LogP contribution in [0.4, 0.5) is 0 Å². The quantitative estimate of drug-likeness (QED) is 0.904. The lowest BCUT2D eigenvalue weighted by Crippen LogP contribution is -2.31. The Morgan fingerprint density at radius 3 is 2.20 bits per heavy atom. The van der Waals surface area contributed by atoms with E-state index in [2.05, 4.69) is 31.2 Å². The maximum absolute atomic E-state index is 12.1. The fourth-order valence-corrected chi connectivity index (χ4v) is 3.38. The fourth-order valence-electron chi connectivity index (χ4n) is 3.38. The molecule has 0 bridgehead atoms. The Hall–Kier alpha value is -2.09. The van der Waals surface area contributed by atoms with Crippen molar-refractivity contribution in [1.82, 2.24) is 0 Å². The minimum Gasteiger partial charge on any atom is -0.369 e. The second kappa shape index (κ2) is 4.78. The Labute approximate surface area is 119 Å². The second-order valence-corrected chi connectivity index (χ2v) is 5.70. The van der Waals surface area contributed by atoms with Crippen molar-refractivity contribution in [1.29, 1.82) is 0 Å². The lowest BCUT2D eigenvalue weighted by Gasteiger charge is -2.22. The van der Waals surface area contributed by atoms with Crippen molar-refractivity contribution in [2.45, 2.75) is 25.2 Å². The van der Waals surface area contributed by atoms with Crippen molar-refractivity contribution in [3.05, 3.63) is 71.8 Å². The molecule has 2 heteroatoms. The predicted octanol–water partition coefficient (Wildman–Crippen LogP) is 3.45. The molecule has 1 saturated carbocycles. The molecule has 3 unspecified atom stereocenters. The van der Waals surface area contributed by atoms with Gasteiger partial charge in [-0.2, -0.15) is 0 Å². The van der Waals surface area contributed by atoms with E-state index >= 15 is 0 Å². The zero-order chi connectivity index (χ0) is 14.2. The van der Waals surface area contributed by atoms with Crippen LogP contribution in [-0.2, 0) is 4.79 Å². The van der Waals surface area contributed by atoms with Crippen molar-refractivity contribution >= 4 is 5.91 Å². The van der Waals surface area contributed by atoms with E-state index in [-0.39, 0.29) is 17.7 Å². The van der Waals surface area contributed by atoms with Crippen molar-refractivity contribution in [3.63, 3.8) is 0 Å². The highest BCUT2D eigenvalue weighted by Gasteiger charge is 2.62. The summed E-state index contributed by atoms with van der Waals surface area (Å²) in [5, 5.41) is 0. The Bertz CT molecular complexity index is 608. The van der Waals surface area contributed by atoms with Gasteiger partial charge in [0.2, 0.25) is 5.91 Å². The fraction of sp³-hybridized carbons (Fsp3) is 0.278. The summed E-state index contributed by atoms with van der Waals surface area (Å²) in [5.74, 6) is 0.213. The highest BCUT2D eigenvalue weighted by Crippen LogP contribution is 2.66. The molecular formula is C18H19NO. The molecule has 1 fully saturated rings. The number of primary amides is 1. The average molecular weight is 265 g/mol. The topological polar surface area (TPSA) is 43.1 Å². The molecule has 3 rings (SSSR count). The standard InChI is InChI=1S/C18H19NO/c1-13(14-8-4-2-5-9-14)18(17(19)20)12-16(18)15-10-6-3-7-11-15/h2-11,13,16H,12H2,1H3,(H2,19,20). The molecule has 1 aliphatic rings. The zero-order valence-corrected chi connectivity index (χ0v) is 11.6. The maximum Gasteiger partial charge on any atom is 0.224 e. The summed E-state index contributed by atoms with van der Waals surface area (Å²) >= 11 is 0. The van der Waals surface area contributed by atoms with Crippen LogP contribution in [-0.4, -0.2) is 5.91 Å². The largest absolute Gasteiger partial charge is 0.369 e. The highest BCUT2D eigenvalue weighted by molar-refractivity contribution is 5.87. The number of rotatable bonds is 4. The highest BCUT2D eigenvalue weighted by atomic mass is 16.1. The molecule has 0 saturated heterocycles. The van der Waals surface area contributed by atoms with Gasteiger partial charge in [-0.25, -0.2) is 0 Å². The van der Waals surface area contributed by atoms with Gasteiger partial charge in [-0.15, -0.1) is 0 Å². The van der Waals surface area contributed by atoms with Gasteiger partial charge in [0.1, 0.15) is 0 Å². The van der Waals surface area contributed by atoms with Crippen LogP contribution in [0.1, 0.15) is 36.3 Å². The Balaban J connectivity index is 1.94. The molecule has 2 N–H and O–H groups in total. The second-order valence-electron chi connectivity index (χ2n) is 5.70. The third kappa shape index (κ3) is 1.92. The van der Waals surface area contributed by atoms with Crippen LogP contribution in [0.3, 0.4) is 0 Å². The first-order chi connectivity index (χ1) is 9.66.